The van der Waals surface area contributed by atoms with Gasteiger partial charge in [0.1, 0.15) is 0 Å². The molecule has 1 saturated heterocycles. The van der Waals surface area contributed by atoms with Crippen molar-refractivity contribution in [2.75, 3.05) is 52.9 Å². The van der Waals surface area contributed by atoms with Gasteiger partial charge < -0.3 is 10.2 Å². The molecule has 0 aromatic carbocycles. The van der Waals surface area contributed by atoms with Gasteiger partial charge in [0, 0.05) is 39.3 Å². The smallest absolute Gasteiger partial charge is 0.0110 e. The zero-order valence-electron chi connectivity index (χ0n) is 12.3. The summed E-state index contributed by atoms with van der Waals surface area (Å²) in [4.78, 5) is 4.98. The van der Waals surface area contributed by atoms with Crippen molar-refractivity contribution in [2.45, 2.75) is 33.6 Å². The molecule has 1 rings (SSSR count). The summed E-state index contributed by atoms with van der Waals surface area (Å²) >= 11 is 0. The number of hydrogen-bond acceptors (Lipinski definition) is 3. The van der Waals surface area contributed by atoms with Crippen LogP contribution in [0.5, 0.6) is 0 Å². The third-order valence-electron chi connectivity index (χ3n) is 3.48. The van der Waals surface area contributed by atoms with Crippen LogP contribution in [0, 0.1) is 5.41 Å². The van der Waals surface area contributed by atoms with Crippen molar-refractivity contribution >= 4 is 0 Å². The largest absolute Gasteiger partial charge is 0.315 e. The van der Waals surface area contributed by atoms with E-state index in [2.05, 4.69) is 42.9 Å². The van der Waals surface area contributed by atoms with E-state index >= 15 is 0 Å². The molecule has 1 aliphatic heterocycles. The van der Waals surface area contributed by atoms with Crippen LogP contribution < -0.4 is 5.32 Å². The third kappa shape index (κ3) is 7.74. The van der Waals surface area contributed by atoms with Crippen LogP contribution in [0.3, 0.4) is 0 Å². The summed E-state index contributed by atoms with van der Waals surface area (Å²) in [7, 11) is 2.21. The summed E-state index contributed by atoms with van der Waals surface area (Å²) in [5.41, 5.74) is 0.485. The summed E-state index contributed by atoms with van der Waals surface area (Å²) in [5.74, 6) is 0. The lowest BCUT2D eigenvalue weighted by molar-refractivity contribution is 0.154. The Labute approximate surface area is 108 Å². The number of nitrogens with one attached hydrogen (secondary N) is 1. The van der Waals surface area contributed by atoms with E-state index in [0.717, 1.165) is 6.54 Å². The second kappa shape index (κ2) is 7.34. The van der Waals surface area contributed by atoms with Gasteiger partial charge in [-0.1, -0.05) is 20.8 Å². The zero-order chi connectivity index (χ0) is 12.7. The van der Waals surface area contributed by atoms with E-state index < -0.39 is 0 Å². The average Bonchev–Trinajstić information content (AvgIpc) is 2.24. The second-order valence-electron chi connectivity index (χ2n) is 6.56. The predicted octanol–water partition coefficient (Wildman–Crippen LogP) is 1.65. The maximum absolute atomic E-state index is 3.56. The zero-order valence-corrected chi connectivity index (χ0v) is 12.3. The fourth-order valence-corrected chi connectivity index (χ4v) is 2.18. The van der Waals surface area contributed by atoms with Gasteiger partial charge in [-0.05, 0) is 31.8 Å². The number of nitrogens with zero attached hydrogens (tertiary/aromatic N) is 2. The quantitative estimate of drug-likeness (QED) is 0.713. The highest BCUT2D eigenvalue weighted by Gasteiger charge is 2.12. The highest BCUT2D eigenvalue weighted by Crippen LogP contribution is 2.19. The Morgan fingerprint density at radius 1 is 1.00 bits per heavy atom. The lowest BCUT2D eigenvalue weighted by Gasteiger charge is -2.32. The predicted molar refractivity (Wildman–Crippen MR) is 75.5 cm³/mol. The molecule has 102 valence electrons. The van der Waals surface area contributed by atoms with Gasteiger partial charge in [-0.25, -0.2) is 0 Å². The molecule has 0 aromatic heterocycles. The molecule has 1 aliphatic rings. The Morgan fingerprint density at radius 2 is 1.65 bits per heavy atom. The molecule has 0 bridgehead atoms. The maximum atomic E-state index is 3.56. The summed E-state index contributed by atoms with van der Waals surface area (Å²) < 4.78 is 0. The molecule has 17 heavy (non-hydrogen) atoms. The van der Waals surface area contributed by atoms with Crippen LogP contribution in [0.2, 0.25) is 0 Å². The molecule has 1 heterocycles. The van der Waals surface area contributed by atoms with Crippen molar-refractivity contribution in [2.24, 2.45) is 5.41 Å². The van der Waals surface area contributed by atoms with Gasteiger partial charge in [0.05, 0.1) is 0 Å². The van der Waals surface area contributed by atoms with Crippen LogP contribution >= 0.6 is 0 Å². The van der Waals surface area contributed by atoms with E-state index in [1.165, 1.54) is 52.1 Å². The molecular formula is C14H31N3. The summed E-state index contributed by atoms with van der Waals surface area (Å²) in [6.07, 6.45) is 2.61. The van der Waals surface area contributed by atoms with Gasteiger partial charge in [0.15, 0.2) is 0 Å². The normalized spacial score (nSPS) is 19.8. The first kappa shape index (κ1) is 14.9. The van der Waals surface area contributed by atoms with Gasteiger partial charge in [-0.2, -0.15) is 0 Å². The van der Waals surface area contributed by atoms with E-state index in [-0.39, 0.29) is 0 Å². The molecule has 1 N–H and O–H groups in total. The van der Waals surface area contributed by atoms with E-state index in [9.17, 15) is 0 Å². The van der Waals surface area contributed by atoms with Crippen molar-refractivity contribution in [3.8, 4) is 0 Å². The lowest BCUT2D eigenvalue weighted by atomic mass is 9.91. The van der Waals surface area contributed by atoms with Crippen LogP contribution in [0.4, 0.5) is 0 Å². The van der Waals surface area contributed by atoms with E-state index in [1.54, 1.807) is 0 Å². The van der Waals surface area contributed by atoms with Crippen molar-refractivity contribution in [3.05, 3.63) is 0 Å². The SMILES string of the molecule is CN1CCN(CCNCCCC(C)(C)C)CC1. The Kier molecular flexibility index (Phi) is 6.45. The molecule has 0 aromatic rings. The highest BCUT2D eigenvalue weighted by atomic mass is 15.2. The number of rotatable bonds is 6. The first-order valence-electron chi connectivity index (χ1n) is 7.09. The van der Waals surface area contributed by atoms with Gasteiger partial charge in [-0.15, -0.1) is 0 Å². The monoisotopic (exact) mass is 241 g/mol. The Balaban J connectivity index is 1.91. The summed E-state index contributed by atoms with van der Waals surface area (Å²) in [6.45, 7) is 15.4. The van der Waals surface area contributed by atoms with Gasteiger partial charge in [0.2, 0.25) is 0 Å². The fourth-order valence-electron chi connectivity index (χ4n) is 2.18. The van der Waals surface area contributed by atoms with Gasteiger partial charge in [-0.3, -0.25) is 4.90 Å². The first-order chi connectivity index (χ1) is 7.97. The van der Waals surface area contributed by atoms with Crippen LogP contribution in [-0.2, 0) is 0 Å². The maximum Gasteiger partial charge on any atom is 0.0110 e. The molecule has 0 saturated carbocycles. The molecule has 3 heteroatoms. The molecule has 0 radical (unpaired) electrons. The molecular weight excluding hydrogens is 210 g/mol. The minimum atomic E-state index is 0.485. The minimum absolute atomic E-state index is 0.485. The standard InChI is InChI=1S/C14H31N3/c1-14(2,3)6-5-7-15-8-9-17-12-10-16(4)11-13-17/h15H,5-13H2,1-4H3. The van der Waals surface area contributed by atoms with Crippen LogP contribution in [-0.4, -0.2) is 62.7 Å². The third-order valence-corrected chi connectivity index (χ3v) is 3.48. The van der Waals surface area contributed by atoms with E-state index in [4.69, 9.17) is 0 Å². The number of likely N-dealkylation sites (N-methyl/N-ethyl adjacent to an activating group) is 1. The molecule has 0 aliphatic carbocycles. The van der Waals surface area contributed by atoms with Gasteiger partial charge >= 0.3 is 0 Å². The topological polar surface area (TPSA) is 18.5 Å². The fraction of sp³-hybridized carbons (Fsp3) is 1.00. The molecule has 0 amide bonds. The summed E-state index contributed by atoms with van der Waals surface area (Å²) in [6, 6.07) is 0. The Bertz CT molecular complexity index is 190. The molecule has 1 fully saturated rings. The van der Waals surface area contributed by atoms with Gasteiger partial charge in [0.25, 0.3) is 0 Å². The van der Waals surface area contributed by atoms with Crippen molar-refractivity contribution < 1.29 is 0 Å². The first-order valence-corrected chi connectivity index (χ1v) is 7.09. The van der Waals surface area contributed by atoms with Crippen molar-refractivity contribution in [1.82, 2.24) is 15.1 Å². The second-order valence-corrected chi connectivity index (χ2v) is 6.56. The Morgan fingerprint density at radius 3 is 2.24 bits per heavy atom. The minimum Gasteiger partial charge on any atom is -0.315 e. The van der Waals surface area contributed by atoms with E-state index in [0.29, 0.717) is 5.41 Å². The summed E-state index contributed by atoms with van der Waals surface area (Å²) in [5, 5.41) is 3.56. The van der Waals surface area contributed by atoms with E-state index in [1.807, 2.05) is 0 Å². The lowest BCUT2D eigenvalue weighted by Crippen LogP contribution is -2.46. The Hall–Kier alpha value is -0.120. The highest BCUT2D eigenvalue weighted by molar-refractivity contribution is 4.70. The van der Waals surface area contributed by atoms with Crippen molar-refractivity contribution in [3.63, 3.8) is 0 Å². The molecule has 3 nitrogen and oxygen atoms in total. The van der Waals surface area contributed by atoms with Crippen LogP contribution in [0.15, 0.2) is 0 Å². The van der Waals surface area contributed by atoms with Crippen LogP contribution in [0.1, 0.15) is 33.6 Å². The molecule has 0 spiro atoms. The molecule has 0 unspecified atom stereocenters. The average molecular weight is 241 g/mol. The van der Waals surface area contributed by atoms with Crippen molar-refractivity contribution in [1.29, 1.82) is 0 Å². The van der Waals surface area contributed by atoms with Crippen LogP contribution in [0.25, 0.3) is 0 Å². The molecule has 0 atom stereocenters. The number of piperazine rings is 1. The number of hydrogen-bond donors (Lipinski definition) is 1.